The molecular formula is C16H25N3O2S. The minimum atomic E-state index is -0.117. The van der Waals surface area contributed by atoms with Gasteiger partial charge in [-0.25, -0.2) is 4.98 Å². The van der Waals surface area contributed by atoms with Gasteiger partial charge < -0.3 is 9.88 Å². The monoisotopic (exact) mass is 323 g/mol. The highest BCUT2D eigenvalue weighted by Crippen LogP contribution is 2.17. The van der Waals surface area contributed by atoms with Gasteiger partial charge in [0.1, 0.15) is 0 Å². The summed E-state index contributed by atoms with van der Waals surface area (Å²) in [6.45, 7) is 5.78. The van der Waals surface area contributed by atoms with E-state index >= 15 is 0 Å². The first-order valence-corrected chi connectivity index (χ1v) is 9.15. The smallest absolute Gasteiger partial charge is 0.254 e. The summed E-state index contributed by atoms with van der Waals surface area (Å²) in [4.78, 5) is 33.5. The van der Waals surface area contributed by atoms with Crippen molar-refractivity contribution in [1.29, 1.82) is 0 Å². The molecule has 1 fully saturated rings. The highest BCUT2D eigenvalue weighted by atomic mass is 32.2. The Bertz CT molecular complexity index is 585. The van der Waals surface area contributed by atoms with Gasteiger partial charge in [0.2, 0.25) is 5.91 Å². The van der Waals surface area contributed by atoms with Crippen molar-refractivity contribution in [1.82, 2.24) is 14.9 Å². The summed E-state index contributed by atoms with van der Waals surface area (Å²) in [5.74, 6) is 0.855. The van der Waals surface area contributed by atoms with E-state index in [2.05, 4.69) is 16.9 Å². The number of hydrogen-bond acceptors (Lipinski definition) is 4. The van der Waals surface area contributed by atoms with Gasteiger partial charge in [-0.3, -0.25) is 9.59 Å². The molecule has 0 saturated carbocycles. The number of aromatic amines is 1. The van der Waals surface area contributed by atoms with Crippen molar-refractivity contribution in [2.75, 3.05) is 19.3 Å². The van der Waals surface area contributed by atoms with Gasteiger partial charge in [0.25, 0.3) is 5.56 Å². The van der Waals surface area contributed by atoms with Crippen LogP contribution in [0.5, 0.6) is 0 Å². The molecule has 1 aromatic heterocycles. The lowest BCUT2D eigenvalue weighted by atomic mass is 10.0. The number of nitrogens with zero attached hydrogens (tertiary/aromatic N) is 2. The molecule has 1 saturated heterocycles. The van der Waals surface area contributed by atoms with Gasteiger partial charge in [0.15, 0.2) is 5.16 Å². The number of aromatic nitrogens is 2. The molecule has 1 atom stereocenters. The summed E-state index contributed by atoms with van der Waals surface area (Å²) in [6, 6.07) is 0. The van der Waals surface area contributed by atoms with Crippen molar-refractivity contribution in [3.8, 4) is 0 Å². The average Bonchev–Trinajstić information content (AvgIpc) is 2.70. The van der Waals surface area contributed by atoms with Gasteiger partial charge in [-0.05, 0) is 44.8 Å². The Morgan fingerprint density at radius 1 is 1.41 bits per heavy atom. The topological polar surface area (TPSA) is 66.1 Å². The van der Waals surface area contributed by atoms with Crippen LogP contribution in [0.4, 0.5) is 0 Å². The molecule has 0 spiro atoms. The van der Waals surface area contributed by atoms with E-state index in [0.29, 0.717) is 29.5 Å². The Hall–Kier alpha value is -1.30. The fraction of sp³-hybridized carbons (Fsp3) is 0.688. The highest BCUT2D eigenvalue weighted by molar-refractivity contribution is 7.98. The maximum atomic E-state index is 12.4. The molecule has 1 aliphatic heterocycles. The van der Waals surface area contributed by atoms with E-state index in [1.54, 1.807) is 0 Å². The second kappa shape index (κ2) is 7.81. The third-order valence-corrected chi connectivity index (χ3v) is 4.93. The molecule has 1 N–H and O–H groups in total. The Morgan fingerprint density at radius 3 is 2.86 bits per heavy atom. The van der Waals surface area contributed by atoms with E-state index in [0.717, 1.165) is 31.6 Å². The maximum absolute atomic E-state index is 12.4. The maximum Gasteiger partial charge on any atom is 0.254 e. The molecule has 6 heteroatoms. The number of carbonyl (C=O) groups is 1. The summed E-state index contributed by atoms with van der Waals surface area (Å²) < 4.78 is 0. The van der Waals surface area contributed by atoms with Gasteiger partial charge in [0.05, 0.1) is 0 Å². The van der Waals surface area contributed by atoms with E-state index in [1.807, 2.05) is 18.1 Å². The standard InChI is InChI=1S/C16H25N3O2S/c1-11-5-4-9-19(10-8-11)14(20)7-6-13-12(2)17-16(22-3)18-15(13)21/h11H,4-10H2,1-3H3,(H,17,18,21). The molecule has 0 aliphatic carbocycles. The number of hydrogen-bond donors (Lipinski definition) is 1. The third kappa shape index (κ3) is 4.35. The first kappa shape index (κ1) is 17.1. The van der Waals surface area contributed by atoms with Crippen molar-refractivity contribution in [2.45, 2.75) is 51.1 Å². The van der Waals surface area contributed by atoms with E-state index in [1.165, 1.54) is 18.2 Å². The van der Waals surface area contributed by atoms with Crippen LogP contribution in [0, 0.1) is 12.8 Å². The molecule has 0 aromatic carbocycles. The molecule has 122 valence electrons. The lowest BCUT2D eigenvalue weighted by molar-refractivity contribution is -0.131. The summed E-state index contributed by atoms with van der Waals surface area (Å²) in [5, 5.41) is 0.624. The first-order valence-electron chi connectivity index (χ1n) is 7.92. The van der Waals surface area contributed by atoms with Crippen molar-refractivity contribution < 1.29 is 4.79 Å². The summed E-state index contributed by atoms with van der Waals surface area (Å²) in [6.07, 6.45) is 6.09. The van der Waals surface area contributed by atoms with Gasteiger partial charge in [-0.2, -0.15) is 0 Å². The lowest BCUT2D eigenvalue weighted by Gasteiger charge is -2.20. The number of thioether (sulfide) groups is 1. The zero-order chi connectivity index (χ0) is 16.1. The van der Waals surface area contributed by atoms with Crippen molar-refractivity contribution in [3.05, 3.63) is 21.6 Å². The molecule has 1 aliphatic rings. The Labute approximate surface area is 135 Å². The molecule has 1 amide bonds. The van der Waals surface area contributed by atoms with Crippen LogP contribution < -0.4 is 5.56 Å². The highest BCUT2D eigenvalue weighted by Gasteiger charge is 2.19. The van der Waals surface area contributed by atoms with Gasteiger partial charge in [-0.15, -0.1) is 0 Å². The molecule has 1 aromatic rings. The third-order valence-electron chi connectivity index (χ3n) is 4.35. The number of nitrogens with one attached hydrogen (secondary N) is 1. The van der Waals surface area contributed by atoms with E-state index in [-0.39, 0.29) is 11.5 Å². The van der Waals surface area contributed by atoms with Crippen LogP contribution in [0.1, 0.15) is 43.9 Å². The Balaban J connectivity index is 1.98. The van der Waals surface area contributed by atoms with Crippen molar-refractivity contribution >= 4 is 17.7 Å². The second-order valence-electron chi connectivity index (χ2n) is 6.06. The molecule has 0 radical (unpaired) electrons. The van der Waals surface area contributed by atoms with Crippen LogP contribution in [-0.2, 0) is 11.2 Å². The molecular weight excluding hydrogens is 298 g/mol. The van der Waals surface area contributed by atoms with Gasteiger partial charge in [-0.1, -0.05) is 18.7 Å². The molecule has 0 bridgehead atoms. The predicted molar refractivity (Wildman–Crippen MR) is 89.3 cm³/mol. The molecule has 2 rings (SSSR count). The molecule has 22 heavy (non-hydrogen) atoms. The van der Waals surface area contributed by atoms with Crippen LogP contribution in [0.15, 0.2) is 9.95 Å². The zero-order valence-corrected chi connectivity index (χ0v) is 14.5. The van der Waals surface area contributed by atoms with E-state index in [9.17, 15) is 9.59 Å². The first-order chi connectivity index (χ1) is 10.5. The zero-order valence-electron chi connectivity index (χ0n) is 13.6. The average molecular weight is 323 g/mol. The predicted octanol–water partition coefficient (Wildman–Crippen LogP) is 2.38. The van der Waals surface area contributed by atoms with Gasteiger partial charge in [0, 0.05) is 30.8 Å². The van der Waals surface area contributed by atoms with Crippen LogP contribution in [0.2, 0.25) is 0 Å². The number of rotatable bonds is 4. The summed E-state index contributed by atoms with van der Waals surface area (Å²) in [5.41, 5.74) is 1.24. The fourth-order valence-corrected chi connectivity index (χ4v) is 3.30. The largest absolute Gasteiger partial charge is 0.343 e. The molecule has 1 unspecified atom stereocenters. The SMILES string of the molecule is CSc1nc(C)c(CCC(=O)N2CCCC(C)CC2)c(=O)[nH]1. The summed E-state index contributed by atoms with van der Waals surface area (Å²) >= 11 is 1.41. The fourth-order valence-electron chi connectivity index (χ4n) is 2.88. The van der Waals surface area contributed by atoms with Crippen LogP contribution in [0.3, 0.4) is 0 Å². The minimum absolute atomic E-state index is 0.117. The number of likely N-dealkylation sites (tertiary alicyclic amines) is 1. The molecule has 2 heterocycles. The molecule has 5 nitrogen and oxygen atoms in total. The number of carbonyl (C=O) groups excluding carboxylic acids is 1. The summed E-state index contributed by atoms with van der Waals surface area (Å²) in [7, 11) is 0. The Morgan fingerprint density at radius 2 is 2.18 bits per heavy atom. The number of amides is 1. The minimum Gasteiger partial charge on any atom is -0.343 e. The number of H-pyrrole nitrogens is 1. The van der Waals surface area contributed by atoms with Crippen LogP contribution in [0.25, 0.3) is 0 Å². The van der Waals surface area contributed by atoms with Crippen molar-refractivity contribution in [2.24, 2.45) is 5.92 Å². The van der Waals surface area contributed by atoms with E-state index < -0.39 is 0 Å². The van der Waals surface area contributed by atoms with E-state index in [4.69, 9.17) is 0 Å². The van der Waals surface area contributed by atoms with Crippen molar-refractivity contribution in [3.63, 3.8) is 0 Å². The lowest BCUT2D eigenvalue weighted by Crippen LogP contribution is -2.32. The number of aryl methyl sites for hydroxylation is 1. The van der Waals surface area contributed by atoms with Crippen LogP contribution >= 0.6 is 11.8 Å². The van der Waals surface area contributed by atoms with Gasteiger partial charge >= 0.3 is 0 Å². The second-order valence-corrected chi connectivity index (χ2v) is 6.85. The van der Waals surface area contributed by atoms with Crippen LogP contribution in [-0.4, -0.2) is 40.1 Å². The normalized spacial score (nSPS) is 19.0. The quantitative estimate of drug-likeness (QED) is 0.682. The Kier molecular flexibility index (Phi) is 6.06.